The molecule has 0 spiro atoms. The number of benzene rings is 1. The van der Waals surface area contributed by atoms with Gasteiger partial charge in [0.1, 0.15) is 0 Å². The van der Waals surface area contributed by atoms with Crippen LogP contribution >= 0.6 is 12.4 Å². The molecule has 2 aromatic rings. The Bertz CT molecular complexity index is 472. The molecule has 0 bridgehead atoms. The molecule has 0 aliphatic carbocycles. The van der Waals surface area contributed by atoms with Crippen LogP contribution in [0.1, 0.15) is 12.8 Å². The molecule has 92 valence electrons. The molecule has 1 aliphatic heterocycles. The molecule has 0 saturated carbocycles. The number of fused-ring (bicyclic) bond motifs is 1. The summed E-state index contributed by atoms with van der Waals surface area (Å²) in [4.78, 5) is 0. The lowest BCUT2D eigenvalue weighted by atomic mass is 9.98. The minimum absolute atomic E-state index is 0. The Labute approximate surface area is 108 Å². The maximum absolute atomic E-state index is 3.42. The highest BCUT2D eigenvalue weighted by Gasteiger charge is 2.13. The van der Waals surface area contributed by atoms with Crippen LogP contribution in [0.5, 0.6) is 0 Å². The first-order valence-corrected chi connectivity index (χ1v) is 6.18. The van der Waals surface area contributed by atoms with Crippen molar-refractivity contribution in [2.45, 2.75) is 19.4 Å². The maximum atomic E-state index is 3.42. The molecule has 1 aromatic carbocycles. The summed E-state index contributed by atoms with van der Waals surface area (Å²) in [6.45, 7) is 3.54. The number of nitrogens with zero attached hydrogens (tertiary/aromatic N) is 1. The number of piperidine rings is 1. The molecular formula is C14H19ClN2. The minimum Gasteiger partial charge on any atom is -0.347 e. The second-order valence-corrected chi connectivity index (χ2v) is 4.72. The average molecular weight is 251 g/mol. The van der Waals surface area contributed by atoms with E-state index in [-0.39, 0.29) is 12.4 Å². The van der Waals surface area contributed by atoms with Crippen LogP contribution in [0.2, 0.25) is 0 Å². The number of hydrogen-bond acceptors (Lipinski definition) is 1. The molecule has 3 heteroatoms. The van der Waals surface area contributed by atoms with Crippen molar-refractivity contribution in [1.82, 2.24) is 9.88 Å². The number of rotatable bonds is 2. The predicted molar refractivity (Wildman–Crippen MR) is 74.8 cm³/mol. The molecule has 2 nitrogen and oxygen atoms in total. The molecule has 0 radical (unpaired) electrons. The largest absolute Gasteiger partial charge is 0.347 e. The quantitative estimate of drug-likeness (QED) is 0.867. The van der Waals surface area contributed by atoms with Crippen LogP contribution in [0.3, 0.4) is 0 Å². The maximum Gasteiger partial charge on any atom is 0.0480 e. The van der Waals surface area contributed by atoms with Gasteiger partial charge in [0.05, 0.1) is 0 Å². The summed E-state index contributed by atoms with van der Waals surface area (Å²) in [6, 6.07) is 10.9. The Balaban J connectivity index is 0.00000108. The van der Waals surface area contributed by atoms with Crippen LogP contribution in [0.4, 0.5) is 0 Å². The van der Waals surface area contributed by atoms with Gasteiger partial charge in [-0.05, 0) is 49.4 Å². The number of hydrogen-bond donors (Lipinski definition) is 1. The van der Waals surface area contributed by atoms with Gasteiger partial charge in [-0.15, -0.1) is 12.4 Å². The van der Waals surface area contributed by atoms with Crippen molar-refractivity contribution in [2.75, 3.05) is 13.1 Å². The summed E-state index contributed by atoms with van der Waals surface area (Å²) in [5.41, 5.74) is 1.38. The van der Waals surface area contributed by atoms with E-state index in [4.69, 9.17) is 0 Å². The first-order chi connectivity index (χ1) is 7.93. The van der Waals surface area contributed by atoms with Crippen molar-refractivity contribution in [3.63, 3.8) is 0 Å². The van der Waals surface area contributed by atoms with E-state index in [1.165, 1.54) is 43.4 Å². The third kappa shape index (κ3) is 2.64. The Morgan fingerprint density at radius 2 is 1.88 bits per heavy atom. The van der Waals surface area contributed by atoms with Crippen LogP contribution in [-0.2, 0) is 6.54 Å². The number of halogens is 1. The van der Waals surface area contributed by atoms with E-state index in [9.17, 15) is 0 Å². The smallest absolute Gasteiger partial charge is 0.0480 e. The van der Waals surface area contributed by atoms with Crippen LogP contribution in [0.25, 0.3) is 10.9 Å². The highest BCUT2D eigenvalue weighted by molar-refractivity contribution is 5.85. The molecule has 1 saturated heterocycles. The zero-order valence-corrected chi connectivity index (χ0v) is 10.7. The monoisotopic (exact) mass is 250 g/mol. The van der Waals surface area contributed by atoms with Gasteiger partial charge in [-0.1, -0.05) is 18.2 Å². The lowest BCUT2D eigenvalue weighted by molar-refractivity contribution is 0.337. The van der Waals surface area contributed by atoms with E-state index in [0.717, 1.165) is 5.92 Å². The average Bonchev–Trinajstić information content (AvgIpc) is 2.74. The first-order valence-electron chi connectivity index (χ1n) is 6.18. The zero-order valence-electron chi connectivity index (χ0n) is 9.93. The Morgan fingerprint density at radius 1 is 1.12 bits per heavy atom. The Hall–Kier alpha value is -0.990. The van der Waals surface area contributed by atoms with Gasteiger partial charge in [0.15, 0.2) is 0 Å². The molecule has 0 unspecified atom stereocenters. The SMILES string of the molecule is Cl.c1ccc2c(c1)ccn2CC1CCNCC1. The molecule has 17 heavy (non-hydrogen) atoms. The lowest BCUT2D eigenvalue weighted by Gasteiger charge is -2.23. The van der Waals surface area contributed by atoms with Crippen molar-refractivity contribution in [3.8, 4) is 0 Å². The molecule has 1 aromatic heterocycles. The van der Waals surface area contributed by atoms with Crippen LogP contribution in [0.15, 0.2) is 36.5 Å². The van der Waals surface area contributed by atoms with E-state index in [1.54, 1.807) is 0 Å². The summed E-state index contributed by atoms with van der Waals surface area (Å²) in [5, 5.41) is 4.78. The predicted octanol–water partition coefficient (Wildman–Crippen LogP) is 3.06. The van der Waals surface area contributed by atoms with E-state index in [1.807, 2.05) is 0 Å². The Morgan fingerprint density at radius 3 is 2.71 bits per heavy atom. The summed E-state index contributed by atoms with van der Waals surface area (Å²) in [5.74, 6) is 0.844. The van der Waals surface area contributed by atoms with Crippen molar-refractivity contribution in [2.24, 2.45) is 5.92 Å². The van der Waals surface area contributed by atoms with Gasteiger partial charge in [0.25, 0.3) is 0 Å². The molecule has 2 heterocycles. The first kappa shape index (κ1) is 12.5. The van der Waals surface area contributed by atoms with Crippen molar-refractivity contribution in [3.05, 3.63) is 36.5 Å². The standard InChI is InChI=1S/C14H18N2.ClH/c1-2-4-14-13(3-1)7-10-16(14)11-12-5-8-15-9-6-12;/h1-4,7,10,12,15H,5-6,8-9,11H2;1H. The van der Waals surface area contributed by atoms with Crippen LogP contribution in [0, 0.1) is 5.92 Å². The van der Waals surface area contributed by atoms with Gasteiger partial charge in [0.2, 0.25) is 0 Å². The molecule has 1 N–H and O–H groups in total. The van der Waals surface area contributed by atoms with E-state index in [0.29, 0.717) is 0 Å². The summed E-state index contributed by atoms with van der Waals surface area (Å²) in [6.07, 6.45) is 4.85. The molecule has 0 atom stereocenters. The normalized spacial score (nSPS) is 16.9. The van der Waals surface area contributed by atoms with Crippen molar-refractivity contribution in [1.29, 1.82) is 0 Å². The summed E-state index contributed by atoms with van der Waals surface area (Å²) < 4.78 is 2.41. The molecular weight excluding hydrogens is 232 g/mol. The second-order valence-electron chi connectivity index (χ2n) is 4.72. The third-order valence-electron chi connectivity index (χ3n) is 3.59. The molecule has 1 aliphatic rings. The van der Waals surface area contributed by atoms with Gasteiger partial charge < -0.3 is 9.88 Å². The van der Waals surface area contributed by atoms with Crippen LogP contribution in [-0.4, -0.2) is 17.7 Å². The second kappa shape index (κ2) is 5.56. The topological polar surface area (TPSA) is 17.0 Å². The van der Waals surface area contributed by atoms with E-state index >= 15 is 0 Å². The van der Waals surface area contributed by atoms with Crippen LogP contribution < -0.4 is 5.32 Å². The third-order valence-corrected chi connectivity index (χ3v) is 3.59. The fourth-order valence-electron chi connectivity index (χ4n) is 2.64. The summed E-state index contributed by atoms with van der Waals surface area (Å²) in [7, 11) is 0. The van der Waals surface area contributed by atoms with Crippen molar-refractivity contribution >= 4 is 23.3 Å². The molecule has 3 rings (SSSR count). The molecule has 1 fully saturated rings. The number of nitrogens with one attached hydrogen (secondary N) is 1. The summed E-state index contributed by atoms with van der Waals surface area (Å²) >= 11 is 0. The van der Waals surface area contributed by atoms with E-state index in [2.05, 4.69) is 46.4 Å². The highest BCUT2D eigenvalue weighted by Crippen LogP contribution is 2.20. The lowest BCUT2D eigenvalue weighted by Crippen LogP contribution is -2.29. The fraction of sp³-hybridized carbons (Fsp3) is 0.429. The van der Waals surface area contributed by atoms with Crippen molar-refractivity contribution < 1.29 is 0 Å². The number of para-hydroxylation sites is 1. The van der Waals surface area contributed by atoms with Gasteiger partial charge in [-0.25, -0.2) is 0 Å². The van der Waals surface area contributed by atoms with Gasteiger partial charge >= 0.3 is 0 Å². The molecule has 0 amide bonds. The van der Waals surface area contributed by atoms with Gasteiger partial charge in [-0.2, -0.15) is 0 Å². The Kier molecular flexibility index (Phi) is 4.08. The fourth-order valence-corrected chi connectivity index (χ4v) is 2.64. The minimum atomic E-state index is 0. The van der Waals surface area contributed by atoms with E-state index < -0.39 is 0 Å². The van der Waals surface area contributed by atoms with Gasteiger partial charge in [-0.3, -0.25) is 0 Å². The zero-order chi connectivity index (χ0) is 10.8. The number of aromatic nitrogens is 1. The highest BCUT2D eigenvalue weighted by atomic mass is 35.5. The van der Waals surface area contributed by atoms with Gasteiger partial charge in [0, 0.05) is 18.3 Å².